The molecule has 0 saturated carbocycles. The molecule has 1 N–H and O–H groups in total. The maximum Gasteiger partial charge on any atom is 0.231 e. The number of β-amino-alcohol motifs (C(OH)–C–C–N with tert-alkyl or cyclic N) is 1. The summed E-state index contributed by atoms with van der Waals surface area (Å²) in [5.41, 5.74) is 3.45. The van der Waals surface area contributed by atoms with Gasteiger partial charge < -0.3 is 19.3 Å². The second kappa shape index (κ2) is 7.86. The molecule has 2 aromatic rings. The highest BCUT2D eigenvalue weighted by Crippen LogP contribution is 2.33. The van der Waals surface area contributed by atoms with Crippen molar-refractivity contribution in [2.75, 3.05) is 39.5 Å². The largest absolute Gasteiger partial charge is 0.490 e. The summed E-state index contributed by atoms with van der Waals surface area (Å²) in [4.78, 5) is 4.81. The fraction of sp³-hybridized carbons (Fsp3) is 0.478. The SMILES string of the molecule is C[C@@H]1Cc2cc([C@H](O)CN3CCN(Cc4ccc5c(c4)OCO5)CC3)ccc2O1. The van der Waals surface area contributed by atoms with Crippen molar-refractivity contribution in [3.05, 3.63) is 53.1 Å². The van der Waals surface area contributed by atoms with Crippen LogP contribution in [0.1, 0.15) is 29.7 Å². The number of hydrogen-bond donors (Lipinski definition) is 1. The number of ether oxygens (including phenoxy) is 3. The summed E-state index contributed by atoms with van der Waals surface area (Å²) in [6.45, 7) is 7.91. The number of hydrogen-bond acceptors (Lipinski definition) is 6. The van der Waals surface area contributed by atoms with Crippen LogP contribution >= 0.6 is 0 Å². The standard InChI is InChI=1S/C23H28N2O4/c1-16-10-19-12-18(3-5-21(19)29-16)20(26)14-25-8-6-24(7-9-25)13-17-2-4-22-23(11-17)28-15-27-22/h2-5,11-12,16,20,26H,6-10,13-15H2,1H3/t16-,20-/m1/s1. The molecule has 0 bridgehead atoms. The number of nitrogens with zero attached hydrogens (tertiary/aromatic N) is 2. The molecule has 2 atom stereocenters. The molecular weight excluding hydrogens is 368 g/mol. The summed E-state index contributed by atoms with van der Waals surface area (Å²) in [6.07, 6.45) is 0.695. The summed E-state index contributed by atoms with van der Waals surface area (Å²) >= 11 is 0. The molecule has 6 nitrogen and oxygen atoms in total. The van der Waals surface area contributed by atoms with Gasteiger partial charge in [0.25, 0.3) is 0 Å². The highest BCUT2D eigenvalue weighted by atomic mass is 16.7. The molecule has 0 unspecified atom stereocenters. The van der Waals surface area contributed by atoms with E-state index >= 15 is 0 Å². The average molecular weight is 396 g/mol. The van der Waals surface area contributed by atoms with Crippen molar-refractivity contribution < 1.29 is 19.3 Å². The van der Waals surface area contributed by atoms with Gasteiger partial charge >= 0.3 is 0 Å². The van der Waals surface area contributed by atoms with Crippen LogP contribution in [0.2, 0.25) is 0 Å². The highest BCUT2D eigenvalue weighted by Gasteiger charge is 2.23. The van der Waals surface area contributed by atoms with E-state index in [-0.39, 0.29) is 6.10 Å². The Morgan fingerprint density at radius 2 is 1.72 bits per heavy atom. The lowest BCUT2D eigenvalue weighted by Crippen LogP contribution is -2.47. The Kier molecular flexibility index (Phi) is 5.08. The van der Waals surface area contributed by atoms with Crippen LogP contribution in [0.25, 0.3) is 0 Å². The number of rotatable bonds is 5. The van der Waals surface area contributed by atoms with Gasteiger partial charge in [-0.05, 0) is 47.9 Å². The maximum atomic E-state index is 10.7. The minimum Gasteiger partial charge on any atom is -0.490 e. The summed E-state index contributed by atoms with van der Waals surface area (Å²) in [5.74, 6) is 2.64. The summed E-state index contributed by atoms with van der Waals surface area (Å²) in [7, 11) is 0. The molecule has 0 spiro atoms. The van der Waals surface area contributed by atoms with Crippen LogP contribution in [0.3, 0.4) is 0 Å². The quantitative estimate of drug-likeness (QED) is 0.839. The highest BCUT2D eigenvalue weighted by molar-refractivity contribution is 5.44. The van der Waals surface area contributed by atoms with Gasteiger partial charge in [0, 0.05) is 45.7 Å². The molecule has 3 heterocycles. The van der Waals surface area contributed by atoms with Gasteiger partial charge in [0.05, 0.1) is 6.10 Å². The minimum atomic E-state index is -0.461. The van der Waals surface area contributed by atoms with Crippen molar-refractivity contribution in [1.82, 2.24) is 9.80 Å². The third-order valence-electron chi connectivity index (χ3n) is 6.04. The molecule has 0 aliphatic carbocycles. The van der Waals surface area contributed by atoms with E-state index in [2.05, 4.69) is 34.9 Å². The van der Waals surface area contributed by atoms with Crippen molar-refractivity contribution in [3.8, 4) is 17.2 Å². The van der Waals surface area contributed by atoms with Crippen LogP contribution in [0.5, 0.6) is 17.2 Å². The molecule has 0 radical (unpaired) electrons. The molecule has 0 aromatic heterocycles. The molecule has 6 heteroatoms. The molecule has 154 valence electrons. The molecule has 1 saturated heterocycles. The smallest absolute Gasteiger partial charge is 0.231 e. The topological polar surface area (TPSA) is 54.4 Å². The zero-order chi connectivity index (χ0) is 19.8. The number of benzene rings is 2. The predicted molar refractivity (Wildman–Crippen MR) is 109 cm³/mol. The monoisotopic (exact) mass is 396 g/mol. The van der Waals surface area contributed by atoms with E-state index in [1.54, 1.807) is 0 Å². The van der Waals surface area contributed by atoms with Crippen molar-refractivity contribution >= 4 is 0 Å². The molecule has 29 heavy (non-hydrogen) atoms. The zero-order valence-electron chi connectivity index (χ0n) is 16.8. The minimum absolute atomic E-state index is 0.232. The summed E-state index contributed by atoms with van der Waals surface area (Å²) in [5, 5.41) is 10.7. The van der Waals surface area contributed by atoms with Gasteiger partial charge in [-0.3, -0.25) is 9.80 Å². The van der Waals surface area contributed by atoms with Crippen molar-refractivity contribution in [2.24, 2.45) is 0 Å². The van der Waals surface area contributed by atoms with E-state index in [0.717, 1.165) is 62.0 Å². The Balaban J connectivity index is 1.13. The van der Waals surface area contributed by atoms with Gasteiger partial charge in [-0.1, -0.05) is 12.1 Å². The van der Waals surface area contributed by atoms with Crippen molar-refractivity contribution in [3.63, 3.8) is 0 Å². The van der Waals surface area contributed by atoms with E-state index in [1.165, 1.54) is 11.1 Å². The lowest BCUT2D eigenvalue weighted by atomic mass is 10.0. The molecule has 0 amide bonds. The van der Waals surface area contributed by atoms with E-state index < -0.39 is 6.10 Å². The second-order valence-electron chi connectivity index (χ2n) is 8.28. The third kappa shape index (κ3) is 4.06. The molecule has 1 fully saturated rings. The number of aliphatic hydroxyl groups excluding tert-OH is 1. The fourth-order valence-electron chi connectivity index (χ4n) is 4.43. The molecule has 2 aromatic carbocycles. The lowest BCUT2D eigenvalue weighted by Gasteiger charge is -2.35. The summed E-state index contributed by atoms with van der Waals surface area (Å²) in [6, 6.07) is 12.3. The number of aliphatic hydroxyl groups is 1. The summed E-state index contributed by atoms with van der Waals surface area (Å²) < 4.78 is 16.6. The van der Waals surface area contributed by atoms with Crippen LogP contribution in [0.4, 0.5) is 0 Å². The van der Waals surface area contributed by atoms with Gasteiger partial charge in [-0.15, -0.1) is 0 Å². The van der Waals surface area contributed by atoms with Gasteiger partial charge in [0.1, 0.15) is 11.9 Å². The fourth-order valence-corrected chi connectivity index (χ4v) is 4.43. The Morgan fingerprint density at radius 3 is 2.59 bits per heavy atom. The predicted octanol–water partition coefficient (Wildman–Crippen LogP) is 2.59. The molecule has 3 aliphatic heterocycles. The Hall–Kier alpha value is -2.28. The molecule has 5 rings (SSSR count). The first-order valence-electron chi connectivity index (χ1n) is 10.4. The van der Waals surface area contributed by atoms with Gasteiger partial charge in [-0.2, -0.15) is 0 Å². The van der Waals surface area contributed by atoms with Crippen LogP contribution in [0.15, 0.2) is 36.4 Å². The first kappa shape index (κ1) is 18.7. The first-order chi connectivity index (χ1) is 14.1. The Labute approximate surface area is 171 Å². The lowest BCUT2D eigenvalue weighted by molar-refractivity contribution is 0.0700. The van der Waals surface area contributed by atoms with Crippen LogP contribution in [-0.2, 0) is 13.0 Å². The Bertz CT molecular complexity index is 879. The molecule has 3 aliphatic rings. The first-order valence-corrected chi connectivity index (χ1v) is 10.4. The van der Waals surface area contributed by atoms with Gasteiger partial charge in [0.2, 0.25) is 6.79 Å². The van der Waals surface area contributed by atoms with Crippen LogP contribution in [-0.4, -0.2) is 60.5 Å². The van der Waals surface area contributed by atoms with E-state index in [9.17, 15) is 5.11 Å². The van der Waals surface area contributed by atoms with Crippen LogP contribution < -0.4 is 14.2 Å². The average Bonchev–Trinajstić information content (AvgIpc) is 3.33. The third-order valence-corrected chi connectivity index (χ3v) is 6.04. The normalized spacial score (nSPS) is 22.3. The van der Waals surface area contributed by atoms with E-state index in [0.29, 0.717) is 13.3 Å². The van der Waals surface area contributed by atoms with Gasteiger partial charge in [0.15, 0.2) is 11.5 Å². The van der Waals surface area contributed by atoms with Crippen LogP contribution in [0, 0.1) is 0 Å². The Morgan fingerprint density at radius 1 is 0.966 bits per heavy atom. The van der Waals surface area contributed by atoms with Gasteiger partial charge in [-0.25, -0.2) is 0 Å². The number of piperazine rings is 1. The van der Waals surface area contributed by atoms with E-state index in [4.69, 9.17) is 14.2 Å². The zero-order valence-corrected chi connectivity index (χ0v) is 16.8. The maximum absolute atomic E-state index is 10.7. The van der Waals surface area contributed by atoms with Crippen molar-refractivity contribution in [2.45, 2.75) is 32.1 Å². The van der Waals surface area contributed by atoms with E-state index in [1.807, 2.05) is 18.2 Å². The second-order valence-corrected chi connectivity index (χ2v) is 8.28. The number of fused-ring (bicyclic) bond motifs is 2. The van der Waals surface area contributed by atoms with Crippen molar-refractivity contribution in [1.29, 1.82) is 0 Å². The molecular formula is C23H28N2O4.